The average Bonchev–Trinajstić information content (AvgIpc) is 2.00. The van der Waals surface area contributed by atoms with E-state index in [1.807, 2.05) is 13.8 Å². The van der Waals surface area contributed by atoms with Gasteiger partial charge in [0.1, 0.15) is 6.04 Å². The van der Waals surface area contributed by atoms with Gasteiger partial charge in [-0.1, -0.05) is 13.8 Å². The molecule has 0 spiro atoms. The van der Waals surface area contributed by atoms with Crippen molar-refractivity contribution in [1.29, 1.82) is 0 Å². The lowest BCUT2D eigenvalue weighted by Crippen LogP contribution is -2.30. The van der Waals surface area contributed by atoms with Gasteiger partial charge < -0.3 is 15.2 Å². The lowest BCUT2D eigenvalue weighted by Gasteiger charge is -2.16. The van der Waals surface area contributed by atoms with Crippen LogP contribution in [0.1, 0.15) is 20.3 Å². The number of rotatable bonds is 4. The zero-order valence-corrected chi connectivity index (χ0v) is 9.53. The Hall–Kier alpha value is -0.00506. The summed E-state index contributed by atoms with van der Waals surface area (Å²) in [7, 11) is -0.750. The van der Waals surface area contributed by atoms with Crippen LogP contribution >= 0.6 is 23.6 Å². The summed E-state index contributed by atoms with van der Waals surface area (Å²) in [6.07, 6.45) is 0.447. The maximum atomic E-state index is 10.5. The quantitative estimate of drug-likeness (QED) is 0.492. The normalized spacial score (nSPS) is 12.0. The topological polar surface area (TPSA) is 81.0 Å². The standard InChI is InChI=1S/C6H11Cl2NO2.BH3O2/c1-4(2)3-5(6(10)11)9(7)8;2-1-3/h4-5H,3H2,1-2H3,(H,10,11);1-3H/t5-;/m0./s1. The number of carboxylic acids is 1. The minimum absolute atomic E-state index is 0.260. The van der Waals surface area contributed by atoms with Crippen LogP contribution in [0.5, 0.6) is 0 Å². The van der Waals surface area contributed by atoms with Crippen molar-refractivity contribution in [1.82, 2.24) is 3.94 Å². The van der Waals surface area contributed by atoms with Crippen molar-refractivity contribution in [3.8, 4) is 0 Å². The van der Waals surface area contributed by atoms with E-state index in [4.69, 9.17) is 38.7 Å². The van der Waals surface area contributed by atoms with E-state index in [0.717, 1.165) is 0 Å². The van der Waals surface area contributed by atoms with Gasteiger partial charge in [0.15, 0.2) is 0 Å². The fourth-order valence-corrected chi connectivity index (χ4v) is 1.04. The molecule has 0 aromatic carbocycles. The molecule has 0 aliphatic heterocycles. The van der Waals surface area contributed by atoms with E-state index in [-0.39, 0.29) is 5.92 Å². The van der Waals surface area contributed by atoms with Crippen LogP contribution in [-0.2, 0) is 4.79 Å². The number of aliphatic carboxylic acids is 1. The van der Waals surface area contributed by atoms with Gasteiger partial charge in [-0.25, -0.2) is 0 Å². The van der Waals surface area contributed by atoms with Crippen LogP contribution < -0.4 is 0 Å². The number of carboxylic acid groups (broad SMARTS) is 1. The maximum Gasteiger partial charge on any atom is 0.432 e. The molecule has 0 bridgehead atoms. The van der Waals surface area contributed by atoms with Crippen LogP contribution in [0.3, 0.4) is 0 Å². The lowest BCUT2D eigenvalue weighted by molar-refractivity contribution is -0.140. The van der Waals surface area contributed by atoms with Crippen molar-refractivity contribution in [3.05, 3.63) is 0 Å². The highest BCUT2D eigenvalue weighted by molar-refractivity contribution is 6.34. The predicted molar refractivity (Wildman–Crippen MR) is 56.0 cm³/mol. The van der Waals surface area contributed by atoms with E-state index < -0.39 is 19.7 Å². The molecule has 8 heteroatoms. The highest BCUT2D eigenvalue weighted by Crippen LogP contribution is 2.15. The molecule has 0 saturated heterocycles. The smallest absolute Gasteiger partial charge is 0.432 e. The largest absolute Gasteiger partial charge is 0.480 e. The molecular formula is C6H14BCl2NO4. The number of hydrogen-bond acceptors (Lipinski definition) is 4. The minimum atomic E-state index is -0.997. The molecular weight excluding hydrogens is 232 g/mol. The SMILES string of the molecule is CC(C)C[C@@H](C(=O)O)N(Cl)Cl.OBO. The maximum absolute atomic E-state index is 10.5. The fourth-order valence-electron chi connectivity index (χ4n) is 0.711. The first kappa shape index (κ1) is 16.4. The summed E-state index contributed by atoms with van der Waals surface area (Å²) in [6, 6.07) is -0.807. The molecule has 0 amide bonds. The van der Waals surface area contributed by atoms with Gasteiger partial charge >= 0.3 is 13.7 Å². The second-order valence-electron chi connectivity index (χ2n) is 2.88. The predicted octanol–water partition coefficient (Wildman–Crippen LogP) is 0.333. The monoisotopic (exact) mass is 245 g/mol. The van der Waals surface area contributed by atoms with Gasteiger partial charge in [0, 0.05) is 0 Å². The third-order valence-corrected chi connectivity index (χ3v) is 1.69. The molecule has 0 aromatic heterocycles. The summed E-state index contributed by atoms with van der Waals surface area (Å²) in [5.74, 6) is -0.736. The van der Waals surface area contributed by atoms with Crippen molar-refractivity contribution in [2.45, 2.75) is 26.3 Å². The van der Waals surface area contributed by atoms with E-state index >= 15 is 0 Å². The molecule has 0 aromatic rings. The summed E-state index contributed by atoms with van der Waals surface area (Å²) in [5, 5.41) is 22.8. The van der Waals surface area contributed by atoms with Crippen LogP contribution in [0.25, 0.3) is 0 Å². The summed E-state index contributed by atoms with van der Waals surface area (Å²) in [6.45, 7) is 3.82. The van der Waals surface area contributed by atoms with E-state index in [1.165, 1.54) is 0 Å². The first-order chi connectivity index (χ1) is 6.36. The molecule has 1 atom stereocenters. The molecule has 0 saturated carbocycles. The molecule has 0 heterocycles. The van der Waals surface area contributed by atoms with Gasteiger partial charge in [-0.3, -0.25) is 4.79 Å². The van der Waals surface area contributed by atoms with Crippen molar-refractivity contribution in [2.75, 3.05) is 0 Å². The minimum Gasteiger partial charge on any atom is -0.480 e. The lowest BCUT2D eigenvalue weighted by atomic mass is 10.1. The Morgan fingerprint density at radius 1 is 1.43 bits per heavy atom. The molecule has 0 unspecified atom stereocenters. The van der Waals surface area contributed by atoms with Crippen LogP contribution in [0.2, 0.25) is 0 Å². The number of halogens is 2. The average molecular weight is 246 g/mol. The molecule has 0 fully saturated rings. The Labute approximate surface area is 93.8 Å². The molecule has 0 aliphatic carbocycles. The molecule has 0 aliphatic rings. The summed E-state index contributed by atoms with van der Waals surface area (Å²) >= 11 is 10.6. The second kappa shape index (κ2) is 9.55. The molecule has 0 radical (unpaired) electrons. The van der Waals surface area contributed by atoms with E-state index in [9.17, 15) is 4.79 Å². The van der Waals surface area contributed by atoms with Crippen molar-refractivity contribution >= 4 is 37.2 Å². The molecule has 14 heavy (non-hydrogen) atoms. The fraction of sp³-hybridized carbons (Fsp3) is 0.833. The molecule has 84 valence electrons. The van der Waals surface area contributed by atoms with Crippen molar-refractivity contribution < 1.29 is 19.9 Å². The summed E-state index contributed by atoms with van der Waals surface area (Å²) in [4.78, 5) is 10.5. The second-order valence-corrected chi connectivity index (χ2v) is 3.79. The molecule has 5 nitrogen and oxygen atoms in total. The first-order valence-electron chi connectivity index (χ1n) is 3.92. The highest BCUT2D eigenvalue weighted by atomic mass is 35.5. The van der Waals surface area contributed by atoms with Crippen LogP contribution in [0.4, 0.5) is 0 Å². The Balaban J connectivity index is 0. The van der Waals surface area contributed by atoms with Crippen molar-refractivity contribution in [3.63, 3.8) is 0 Å². The van der Waals surface area contributed by atoms with Gasteiger partial charge in [-0.15, -0.1) is 3.94 Å². The molecule has 0 rings (SSSR count). The zero-order chi connectivity index (χ0) is 11.7. The third kappa shape index (κ3) is 10.1. The van der Waals surface area contributed by atoms with Crippen molar-refractivity contribution in [2.24, 2.45) is 5.92 Å². The van der Waals surface area contributed by atoms with Crippen LogP contribution in [0, 0.1) is 5.92 Å². The van der Waals surface area contributed by atoms with E-state index in [0.29, 0.717) is 10.4 Å². The zero-order valence-electron chi connectivity index (χ0n) is 8.02. The third-order valence-electron chi connectivity index (χ3n) is 1.22. The van der Waals surface area contributed by atoms with Gasteiger partial charge in [0.25, 0.3) is 0 Å². The van der Waals surface area contributed by atoms with Gasteiger partial charge in [-0.2, -0.15) is 0 Å². The highest BCUT2D eigenvalue weighted by Gasteiger charge is 2.23. The Bertz CT molecular complexity index is 159. The van der Waals surface area contributed by atoms with E-state index in [1.54, 1.807) is 0 Å². The number of nitrogens with zero attached hydrogens (tertiary/aromatic N) is 1. The van der Waals surface area contributed by atoms with Gasteiger partial charge in [-0.05, 0) is 35.9 Å². The molecule has 3 N–H and O–H groups in total. The van der Waals surface area contributed by atoms with E-state index in [2.05, 4.69) is 0 Å². The van der Waals surface area contributed by atoms with Crippen LogP contribution in [0.15, 0.2) is 0 Å². The summed E-state index contributed by atoms with van der Waals surface area (Å²) < 4.78 is 0.683. The van der Waals surface area contributed by atoms with Gasteiger partial charge in [0.05, 0.1) is 0 Å². The Kier molecular flexibility index (Phi) is 11.2. The van der Waals surface area contributed by atoms with Gasteiger partial charge in [0.2, 0.25) is 0 Å². The Morgan fingerprint density at radius 3 is 1.86 bits per heavy atom. The van der Waals surface area contributed by atoms with Crippen LogP contribution in [-0.4, -0.2) is 38.8 Å². The Morgan fingerprint density at radius 2 is 1.79 bits per heavy atom. The first-order valence-corrected chi connectivity index (χ1v) is 4.59. The number of hydrogen-bond donors (Lipinski definition) is 3. The summed E-state index contributed by atoms with van der Waals surface area (Å²) in [5.41, 5.74) is 0. The number of carbonyl (C=O) groups is 1.